The average molecular weight is 310 g/mol. The van der Waals surface area contributed by atoms with Gasteiger partial charge in [-0.15, -0.1) is 5.76 Å². The quantitative estimate of drug-likeness (QED) is 0.672. The van der Waals surface area contributed by atoms with Crippen LogP contribution in [0.1, 0.15) is 31.1 Å². The van der Waals surface area contributed by atoms with Gasteiger partial charge >= 0.3 is 0 Å². The molecule has 1 heterocycles. The van der Waals surface area contributed by atoms with Gasteiger partial charge in [0.2, 0.25) is 0 Å². The van der Waals surface area contributed by atoms with E-state index in [2.05, 4.69) is 10.3 Å². The van der Waals surface area contributed by atoms with E-state index in [0.717, 1.165) is 5.56 Å². The third-order valence-corrected chi connectivity index (χ3v) is 3.47. The molecule has 1 N–H and O–H groups in total. The first kappa shape index (κ1) is 16.5. The van der Waals surface area contributed by atoms with E-state index >= 15 is 0 Å². The summed E-state index contributed by atoms with van der Waals surface area (Å²) in [6.45, 7) is 4.53. The minimum atomic E-state index is -0.763. The number of aryl methyl sites for hydroxylation is 1. The molecule has 0 bridgehead atoms. The summed E-state index contributed by atoms with van der Waals surface area (Å²) in [5, 5.41) is 27.0. The summed E-state index contributed by atoms with van der Waals surface area (Å²) in [6, 6.07) is 9.32. The van der Waals surface area contributed by atoms with Gasteiger partial charge in [-0.2, -0.15) is 0 Å². The van der Waals surface area contributed by atoms with Crippen molar-refractivity contribution in [2.75, 3.05) is 5.32 Å². The Labute approximate surface area is 135 Å². The Hall–Kier alpha value is -2.82. The van der Waals surface area contributed by atoms with Crippen LogP contribution in [0.5, 0.6) is 5.75 Å². The van der Waals surface area contributed by atoms with Gasteiger partial charge in [-0.25, -0.2) is 0 Å². The van der Waals surface area contributed by atoms with Gasteiger partial charge in [0.05, 0.1) is 11.7 Å². The molecule has 0 radical (unpaired) electrons. The van der Waals surface area contributed by atoms with Gasteiger partial charge in [0, 0.05) is 17.5 Å². The molecule has 0 aliphatic heterocycles. The first-order valence-corrected chi connectivity index (χ1v) is 7.24. The lowest BCUT2D eigenvalue weighted by Crippen LogP contribution is -2.23. The lowest BCUT2D eigenvalue weighted by atomic mass is 9.98. The molecule has 0 saturated heterocycles. The van der Waals surface area contributed by atoms with Crippen molar-refractivity contribution in [3.63, 3.8) is 0 Å². The summed E-state index contributed by atoms with van der Waals surface area (Å²) < 4.78 is 0. The zero-order valence-electron chi connectivity index (χ0n) is 13.3. The van der Waals surface area contributed by atoms with Crippen molar-refractivity contribution in [3.8, 4) is 5.75 Å². The predicted octanol–water partition coefficient (Wildman–Crippen LogP) is 1.84. The van der Waals surface area contributed by atoms with Crippen LogP contribution in [0.4, 0.5) is 5.69 Å². The van der Waals surface area contributed by atoms with Crippen LogP contribution in [0, 0.1) is 6.92 Å². The summed E-state index contributed by atoms with van der Waals surface area (Å²) in [5.41, 5.74) is 1.82. The van der Waals surface area contributed by atoms with Gasteiger partial charge < -0.3 is 15.5 Å². The molecule has 23 heavy (non-hydrogen) atoms. The maximum Gasteiger partial charge on any atom is 0.157 e. The topological polar surface area (TPSA) is 88.1 Å². The SMILES string of the molecule is CC(=O)C(=C(C)[O-])C(Nc1cc(C)ccc1[O-])c1ccccn1. The second-order valence-corrected chi connectivity index (χ2v) is 5.36. The highest BCUT2D eigenvalue weighted by molar-refractivity contribution is 5.95. The predicted molar refractivity (Wildman–Crippen MR) is 84.6 cm³/mol. The number of Topliss-reactive ketones (excluding diaryl/α,β-unsaturated/α-hetero) is 1. The normalized spacial score (nSPS) is 13.2. The molecule has 1 aromatic carbocycles. The smallest absolute Gasteiger partial charge is 0.157 e. The van der Waals surface area contributed by atoms with Crippen LogP contribution in [-0.4, -0.2) is 10.8 Å². The number of allylic oxidation sites excluding steroid dienone is 1. The molecule has 2 rings (SSSR count). The molecule has 120 valence electrons. The van der Waals surface area contributed by atoms with Crippen LogP contribution >= 0.6 is 0 Å². The highest BCUT2D eigenvalue weighted by Crippen LogP contribution is 2.31. The summed E-state index contributed by atoms with van der Waals surface area (Å²) in [6.07, 6.45) is 1.58. The molecule has 0 fully saturated rings. The number of nitrogens with one attached hydrogen (secondary N) is 1. The molecule has 0 aliphatic carbocycles. The Kier molecular flexibility index (Phi) is 5.01. The van der Waals surface area contributed by atoms with Crippen LogP contribution in [0.2, 0.25) is 0 Å². The van der Waals surface area contributed by atoms with Gasteiger partial charge in [0.1, 0.15) is 0 Å². The highest BCUT2D eigenvalue weighted by atomic mass is 16.3. The van der Waals surface area contributed by atoms with E-state index < -0.39 is 6.04 Å². The molecule has 5 heteroatoms. The Morgan fingerprint density at radius 2 is 1.96 bits per heavy atom. The van der Waals surface area contributed by atoms with E-state index in [1.165, 1.54) is 19.9 Å². The fraction of sp³-hybridized carbons (Fsp3) is 0.222. The van der Waals surface area contributed by atoms with E-state index in [0.29, 0.717) is 11.4 Å². The third kappa shape index (κ3) is 3.88. The number of hydrogen-bond donors (Lipinski definition) is 1. The van der Waals surface area contributed by atoms with Gasteiger partial charge in [-0.1, -0.05) is 30.9 Å². The van der Waals surface area contributed by atoms with Crippen molar-refractivity contribution in [1.29, 1.82) is 0 Å². The molecule has 0 amide bonds. The molecule has 1 atom stereocenters. The second-order valence-electron chi connectivity index (χ2n) is 5.36. The molecule has 5 nitrogen and oxygen atoms in total. The monoisotopic (exact) mass is 310 g/mol. The first-order valence-electron chi connectivity index (χ1n) is 7.24. The van der Waals surface area contributed by atoms with Gasteiger partial charge in [-0.05, 0) is 37.6 Å². The van der Waals surface area contributed by atoms with Crippen molar-refractivity contribution in [2.24, 2.45) is 0 Å². The molecular weight excluding hydrogens is 292 g/mol. The molecule has 0 spiro atoms. The molecule has 0 saturated carbocycles. The number of anilines is 1. The Balaban J connectivity index is 2.52. The van der Waals surface area contributed by atoms with Crippen LogP contribution in [-0.2, 0) is 4.79 Å². The largest absolute Gasteiger partial charge is 0.875 e. The molecule has 1 unspecified atom stereocenters. The number of nitrogens with zero attached hydrogens (tertiary/aromatic N) is 1. The summed E-state index contributed by atoms with van der Waals surface area (Å²) in [5.74, 6) is -0.899. The van der Waals surface area contributed by atoms with Crippen molar-refractivity contribution in [2.45, 2.75) is 26.8 Å². The maximum atomic E-state index is 12.0. The summed E-state index contributed by atoms with van der Waals surface area (Å²) in [7, 11) is 0. The maximum absolute atomic E-state index is 12.0. The third-order valence-electron chi connectivity index (χ3n) is 3.47. The first-order chi connectivity index (χ1) is 10.9. The Morgan fingerprint density at radius 3 is 2.52 bits per heavy atom. The van der Waals surface area contributed by atoms with Crippen LogP contribution in [0.25, 0.3) is 0 Å². The zero-order valence-corrected chi connectivity index (χ0v) is 13.3. The number of aromatic nitrogens is 1. The molecule has 2 aromatic rings. The fourth-order valence-corrected chi connectivity index (χ4v) is 2.41. The standard InChI is InChI=1S/C18H20N2O3/c1-11-7-8-16(23)15(10-11)20-18(14-6-4-5-9-19-14)17(12(2)21)13(3)22/h4-10,18,20-21,23H,1-3H3/p-2. The number of carbonyl (C=O) groups is 1. The van der Waals surface area contributed by atoms with Crippen molar-refractivity contribution < 1.29 is 15.0 Å². The van der Waals surface area contributed by atoms with Crippen molar-refractivity contribution >= 4 is 11.5 Å². The minimum absolute atomic E-state index is 0.0737. The zero-order chi connectivity index (χ0) is 17.0. The van der Waals surface area contributed by atoms with Crippen molar-refractivity contribution in [3.05, 3.63) is 65.2 Å². The number of pyridine rings is 1. The number of hydrogen-bond acceptors (Lipinski definition) is 5. The van der Waals surface area contributed by atoms with E-state index in [1.54, 1.807) is 36.5 Å². The minimum Gasteiger partial charge on any atom is -0.875 e. The Bertz CT molecular complexity index is 735. The lowest BCUT2D eigenvalue weighted by Gasteiger charge is -2.27. The number of rotatable bonds is 5. The van der Waals surface area contributed by atoms with E-state index in [1.807, 2.05) is 6.92 Å². The van der Waals surface area contributed by atoms with E-state index in [-0.39, 0.29) is 22.9 Å². The number of benzene rings is 1. The number of ketones is 1. The van der Waals surface area contributed by atoms with Gasteiger partial charge in [0.15, 0.2) is 5.78 Å². The van der Waals surface area contributed by atoms with E-state index in [9.17, 15) is 15.0 Å². The highest BCUT2D eigenvalue weighted by Gasteiger charge is 2.21. The lowest BCUT2D eigenvalue weighted by molar-refractivity contribution is -0.303. The Morgan fingerprint density at radius 1 is 1.22 bits per heavy atom. The average Bonchev–Trinajstić information content (AvgIpc) is 2.50. The van der Waals surface area contributed by atoms with Crippen molar-refractivity contribution in [1.82, 2.24) is 4.98 Å². The van der Waals surface area contributed by atoms with Gasteiger partial charge in [-0.3, -0.25) is 9.78 Å². The van der Waals surface area contributed by atoms with Gasteiger partial charge in [0.25, 0.3) is 0 Å². The van der Waals surface area contributed by atoms with Crippen LogP contribution in [0.3, 0.4) is 0 Å². The van der Waals surface area contributed by atoms with Crippen LogP contribution < -0.4 is 15.5 Å². The molecular formula is C18H18N2O3-2. The molecule has 0 aliphatic rings. The van der Waals surface area contributed by atoms with Crippen LogP contribution in [0.15, 0.2) is 53.9 Å². The second kappa shape index (κ2) is 6.96. The fourth-order valence-electron chi connectivity index (χ4n) is 2.41. The summed E-state index contributed by atoms with van der Waals surface area (Å²) >= 11 is 0. The summed E-state index contributed by atoms with van der Waals surface area (Å²) in [4.78, 5) is 16.2. The van der Waals surface area contributed by atoms with E-state index in [4.69, 9.17) is 0 Å². The number of carbonyl (C=O) groups excluding carboxylic acids is 1. The molecule has 1 aromatic heterocycles.